The first-order valence-corrected chi connectivity index (χ1v) is 7.76. The lowest BCUT2D eigenvalue weighted by molar-refractivity contribution is -0.141. The summed E-state index contributed by atoms with van der Waals surface area (Å²) in [6.07, 6.45) is -2.56. The van der Waals surface area contributed by atoms with E-state index in [1.165, 1.54) is 6.07 Å². The molecule has 0 saturated heterocycles. The van der Waals surface area contributed by atoms with E-state index in [1.54, 1.807) is 4.90 Å². The van der Waals surface area contributed by atoms with Crippen LogP contribution < -0.4 is 10.6 Å². The summed E-state index contributed by atoms with van der Waals surface area (Å²) < 4.78 is 38.5. The van der Waals surface area contributed by atoms with Crippen molar-refractivity contribution in [2.75, 3.05) is 18.4 Å². The molecule has 25 heavy (non-hydrogen) atoms. The van der Waals surface area contributed by atoms with Crippen molar-refractivity contribution in [3.8, 4) is 0 Å². The number of carbonyl (C=O) groups is 2. The van der Waals surface area contributed by atoms with Gasteiger partial charge in [0.1, 0.15) is 0 Å². The molecule has 0 bridgehead atoms. The molecule has 1 saturated carbocycles. The zero-order chi connectivity index (χ0) is 18.6. The van der Waals surface area contributed by atoms with Gasteiger partial charge in [0.15, 0.2) is 5.69 Å². The monoisotopic (exact) mass is 360 g/mol. The van der Waals surface area contributed by atoms with Crippen molar-refractivity contribution in [3.63, 3.8) is 0 Å². The van der Waals surface area contributed by atoms with Crippen molar-refractivity contribution in [2.45, 2.75) is 38.0 Å². The van der Waals surface area contributed by atoms with Crippen LogP contribution in [0.15, 0.2) is 18.3 Å². The summed E-state index contributed by atoms with van der Waals surface area (Å²) in [7, 11) is 0. The molecule has 138 valence electrons. The van der Waals surface area contributed by atoms with Crippen LogP contribution in [0.25, 0.3) is 0 Å². The molecule has 0 spiro atoms. The summed E-state index contributed by atoms with van der Waals surface area (Å²) in [4.78, 5) is 27.7. The second-order valence-electron chi connectivity index (χ2n) is 5.77. The van der Waals surface area contributed by atoms with Gasteiger partial charge >= 0.3 is 18.2 Å². The van der Waals surface area contributed by atoms with E-state index >= 15 is 0 Å². The highest BCUT2D eigenvalue weighted by Gasteiger charge is 2.37. The largest absolute Gasteiger partial charge is 0.480 e. The Bertz CT molecular complexity index is 633. The fraction of sp³-hybridized carbons (Fsp3) is 0.533. The van der Waals surface area contributed by atoms with E-state index in [2.05, 4.69) is 15.6 Å². The lowest BCUT2D eigenvalue weighted by Gasteiger charge is -2.42. The molecule has 1 aliphatic rings. The molecule has 7 nitrogen and oxygen atoms in total. The van der Waals surface area contributed by atoms with Crippen LogP contribution >= 0.6 is 0 Å². The summed E-state index contributed by atoms with van der Waals surface area (Å²) in [6.45, 7) is 2.34. The Morgan fingerprint density at radius 3 is 2.64 bits per heavy atom. The quantitative estimate of drug-likeness (QED) is 0.723. The van der Waals surface area contributed by atoms with Gasteiger partial charge < -0.3 is 15.7 Å². The van der Waals surface area contributed by atoms with E-state index in [4.69, 9.17) is 5.11 Å². The van der Waals surface area contributed by atoms with Crippen molar-refractivity contribution in [3.05, 3.63) is 24.0 Å². The zero-order valence-corrected chi connectivity index (χ0v) is 13.5. The first kappa shape index (κ1) is 19.0. The Hall–Kier alpha value is -2.36. The van der Waals surface area contributed by atoms with Crippen LogP contribution in [0.5, 0.6) is 0 Å². The molecule has 1 aliphatic carbocycles. The second kappa shape index (κ2) is 7.68. The topological polar surface area (TPSA) is 94.6 Å². The highest BCUT2D eigenvalue weighted by atomic mass is 19.4. The average molecular weight is 360 g/mol. The molecule has 1 aromatic heterocycles. The summed E-state index contributed by atoms with van der Waals surface area (Å²) >= 11 is 0. The molecule has 1 heterocycles. The summed E-state index contributed by atoms with van der Waals surface area (Å²) in [5.41, 5.74) is -1.57. The van der Waals surface area contributed by atoms with E-state index < -0.39 is 29.6 Å². The predicted molar refractivity (Wildman–Crippen MR) is 83.1 cm³/mol. The van der Waals surface area contributed by atoms with Crippen LogP contribution in [0.3, 0.4) is 0 Å². The number of hydrogen-bond acceptors (Lipinski definition) is 4. The fourth-order valence-corrected chi connectivity index (χ4v) is 2.75. The third kappa shape index (κ3) is 5.05. The highest BCUT2D eigenvalue weighted by Crippen LogP contribution is 2.32. The lowest BCUT2D eigenvalue weighted by Crippen LogP contribution is -2.55. The summed E-state index contributed by atoms with van der Waals surface area (Å²) in [6, 6.07) is 1.51. The van der Waals surface area contributed by atoms with Gasteiger partial charge in [0, 0.05) is 18.3 Å². The number of likely N-dealkylation sites (N-methyl/N-ethyl adjacent to an activating group) is 1. The maximum Gasteiger partial charge on any atom is 0.435 e. The molecule has 1 aromatic rings. The highest BCUT2D eigenvalue weighted by molar-refractivity contribution is 5.90. The minimum absolute atomic E-state index is 0.0375. The molecule has 0 aliphatic heterocycles. The van der Waals surface area contributed by atoms with Crippen molar-refractivity contribution < 1.29 is 27.9 Å². The van der Waals surface area contributed by atoms with Crippen LogP contribution in [-0.4, -0.2) is 52.2 Å². The number of nitrogens with zero attached hydrogens (tertiary/aromatic N) is 2. The minimum Gasteiger partial charge on any atom is -0.480 e. The van der Waals surface area contributed by atoms with Gasteiger partial charge in [-0.2, -0.15) is 13.2 Å². The number of amides is 2. The van der Waals surface area contributed by atoms with Gasteiger partial charge in [-0.25, -0.2) is 9.78 Å². The van der Waals surface area contributed by atoms with Gasteiger partial charge in [-0.1, -0.05) is 6.92 Å². The van der Waals surface area contributed by atoms with E-state index in [9.17, 15) is 22.8 Å². The number of urea groups is 1. The molecule has 1 fully saturated rings. The van der Waals surface area contributed by atoms with Crippen LogP contribution in [-0.2, 0) is 11.0 Å². The number of alkyl halides is 3. The molecular weight excluding hydrogens is 341 g/mol. The van der Waals surface area contributed by atoms with E-state index in [1.807, 2.05) is 6.92 Å². The molecule has 0 radical (unpaired) electrons. The third-order valence-electron chi connectivity index (χ3n) is 4.03. The number of carboxylic acids is 1. The Balaban J connectivity index is 1.86. The van der Waals surface area contributed by atoms with E-state index in [0.717, 1.165) is 12.3 Å². The van der Waals surface area contributed by atoms with Crippen LogP contribution in [0.4, 0.5) is 23.7 Å². The normalized spacial score (nSPS) is 20.0. The van der Waals surface area contributed by atoms with E-state index in [-0.39, 0.29) is 18.6 Å². The third-order valence-corrected chi connectivity index (χ3v) is 4.03. The zero-order valence-electron chi connectivity index (χ0n) is 13.5. The number of aromatic nitrogens is 1. The smallest absolute Gasteiger partial charge is 0.435 e. The van der Waals surface area contributed by atoms with Gasteiger partial charge in [0.25, 0.3) is 0 Å². The van der Waals surface area contributed by atoms with Gasteiger partial charge in [0.05, 0.1) is 12.2 Å². The van der Waals surface area contributed by atoms with E-state index in [0.29, 0.717) is 19.4 Å². The van der Waals surface area contributed by atoms with Crippen LogP contribution in [0.1, 0.15) is 25.5 Å². The predicted octanol–water partition coefficient (Wildman–Crippen LogP) is 2.16. The van der Waals surface area contributed by atoms with Gasteiger partial charge in [-0.15, -0.1) is 0 Å². The number of carbonyl (C=O) groups excluding carboxylic acids is 1. The Kier molecular flexibility index (Phi) is 5.83. The number of anilines is 1. The maximum atomic E-state index is 12.8. The van der Waals surface area contributed by atoms with Crippen molar-refractivity contribution in [1.29, 1.82) is 0 Å². The first-order valence-electron chi connectivity index (χ1n) is 7.76. The van der Waals surface area contributed by atoms with Crippen molar-refractivity contribution in [1.82, 2.24) is 15.2 Å². The molecule has 2 amide bonds. The van der Waals surface area contributed by atoms with Crippen molar-refractivity contribution >= 4 is 17.7 Å². The standard InChI is InChI=1S/C15H19F3N4O3/c1-2-22(8-12(23)24)10-6-9(7-10)20-14(25)21-11-4-3-5-19-13(11)15(16,17)18/h3-5,9-10H,2,6-8H2,1H3,(H,23,24)(H2,20,21,25). The van der Waals surface area contributed by atoms with Gasteiger partial charge in [-0.3, -0.25) is 9.69 Å². The molecule has 2 rings (SSSR count). The van der Waals surface area contributed by atoms with Crippen LogP contribution in [0, 0.1) is 0 Å². The molecule has 0 atom stereocenters. The van der Waals surface area contributed by atoms with Crippen LogP contribution in [0.2, 0.25) is 0 Å². The minimum atomic E-state index is -4.66. The lowest BCUT2D eigenvalue weighted by atomic mass is 9.85. The Labute approximate surface area is 142 Å². The number of nitrogens with one attached hydrogen (secondary N) is 2. The fourth-order valence-electron chi connectivity index (χ4n) is 2.75. The summed E-state index contributed by atoms with van der Waals surface area (Å²) in [5, 5.41) is 13.6. The SMILES string of the molecule is CCN(CC(=O)O)C1CC(NC(=O)Nc2cccnc2C(F)(F)F)C1. The number of hydrogen-bond donors (Lipinski definition) is 3. The number of rotatable bonds is 6. The first-order chi connectivity index (χ1) is 11.7. The Morgan fingerprint density at radius 1 is 1.40 bits per heavy atom. The molecular formula is C15H19F3N4O3. The Morgan fingerprint density at radius 2 is 2.08 bits per heavy atom. The van der Waals surface area contributed by atoms with Crippen molar-refractivity contribution in [2.24, 2.45) is 0 Å². The average Bonchev–Trinajstić information content (AvgIpc) is 2.47. The molecule has 10 heteroatoms. The second-order valence-corrected chi connectivity index (χ2v) is 5.77. The number of carboxylic acid groups (broad SMARTS) is 1. The molecule has 0 aromatic carbocycles. The number of pyridine rings is 1. The number of aliphatic carboxylic acids is 1. The maximum absolute atomic E-state index is 12.8. The van der Waals surface area contributed by atoms with Gasteiger partial charge in [0.2, 0.25) is 0 Å². The molecule has 3 N–H and O–H groups in total. The summed E-state index contributed by atoms with van der Waals surface area (Å²) in [5.74, 6) is -0.924. The van der Waals surface area contributed by atoms with Gasteiger partial charge in [-0.05, 0) is 31.5 Å². The number of halogens is 3. The molecule has 0 unspecified atom stereocenters.